The maximum atomic E-state index is 11.9. The summed E-state index contributed by atoms with van der Waals surface area (Å²) in [7, 11) is 1.82. The number of amides is 1. The lowest BCUT2D eigenvalue weighted by molar-refractivity contribution is 0.0508. The normalized spacial score (nSPS) is 19.8. The van der Waals surface area contributed by atoms with E-state index in [-0.39, 0.29) is 11.5 Å². The van der Waals surface area contributed by atoms with E-state index in [1.807, 2.05) is 14.0 Å². The summed E-state index contributed by atoms with van der Waals surface area (Å²) in [6.45, 7) is 9.62. The number of carbonyl (C=O) groups excluding carboxylic acids is 1. The minimum Gasteiger partial charge on any atom is -0.450 e. The van der Waals surface area contributed by atoms with Crippen molar-refractivity contribution >= 4 is 12.1 Å². The highest BCUT2D eigenvalue weighted by Gasteiger charge is 2.36. The Morgan fingerprint density at radius 3 is 2.45 bits per heavy atom. The molecule has 7 nitrogen and oxygen atoms in total. The van der Waals surface area contributed by atoms with Crippen LogP contribution < -0.4 is 5.32 Å². The Bertz CT molecular complexity index is 708. The zero-order valence-electron chi connectivity index (χ0n) is 17.9. The fraction of sp³-hybridized carbons (Fsp3) is 0.636. The molecule has 160 valence electrons. The number of hydrogen-bond acceptors (Lipinski definition) is 4. The number of aryl methyl sites for hydroxylation is 1. The summed E-state index contributed by atoms with van der Waals surface area (Å²) in [5, 5.41) is 3.63. The first kappa shape index (κ1) is 21.4. The molecule has 0 aliphatic carbocycles. The maximum Gasteiger partial charge on any atom is 0.409 e. The third-order valence-electron chi connectivity index (χ3n) is 6.07. The van der Waals surface area contributed by atoms with Crippen molar-refractivity contribution in [3.8, 4) is 0 Å². The lowest BCUT2D eigenvalue weighted by Gasteiger charge is -2.41. The van der Waals surface area contributed by atoms with Gasteiger partial charge in [0, 0.05) is 58.4 Å². The number of benzene rings is 1. The second-order valence-electron chi connectivity index (χ2n) is 7.78. The molecule has 0 unspecified atom stereocenters. The van der Waals surface area contributed by atoms with Crippen LogP contribution in [0.15, 0.2) is 29.3 Å². The fourth-order valence-electron chi connectivity index (χ4n) is 4.37. The van der Waals surface area contributed by atoms with Crippen molar-refractivity contribution in [2.24, 2.45) is 4.99 Å². The molecule has 0 spiro atoms. The van der Waals surface area contributed by atoms with Crippen molar-refractivity contribution in [1.29, 1.82) is 0 Å². The molecule has 0 saturated carbocycles. The Morgan fingerprint density at radius 1 is 1.17 bits per heavy atom. The molecule has 1 aromatic rings. The summed E-state index contributed by atoms with van der Waals surface area (Å²) < 4.78 is 10.8. The molecule has 29 heavy (non-hydrogen) atoms. The van der Waals surface area contributed by atoms with Gasteiger partial charge in [-0.05, 0) is 37.8 Å². The molecule has 1 amide bonds. The van der Waals surface area contributed by atoms with Crippen molar-refractivity contribution in [1.82, 2.24) is 15.1 Å². The van der Waals surface area contributed by atoms with Gasteiger partial charge in [0.1, 0.15) is 0 Å². The number of nitrogens with one attached hydrogen (secondary N) is 1. The summed E-state index contributed by atoms with van der Waals surface area (Å²) in [4.78, 5) is 20.4. The average molecular weight is 403 g/mol. The molecule has 1 aromatic carbocycles. The second kappa shape index (κ2) is 9.96. The zero-order valence-corrected chi connectivity index (χ0v) is 17.9. The van der Waals surface area contributed by atoms with Crippen molar-refractivity contribution < 1.29 is 14.3 Å². The molecular weight excluding hydrogens is 368 g/mol. The fourth-order valence-corrected chi connectivity index (χ4v) is 4.37. The number of hydrogen-bond donors (Lipinski definition) is 1. The van der Waals surface area contributed by atoms with Gasteiger partial charge in [-0.15, -0.1) is 0 Å². The van der Waals surface area contributed by atoms with Crippen LogP contribution in [0, 0.1) is 6.92 Å². The van der Waals surface area contributed by atoms with Crippen LogP contribution in [0.25, 0.3) is 0 Å². The van der Waals surface area contributed by atoms with Crippen molar-refractivity contribution in [3.05, 3.63) is 35.4 Å². The molecule has 2 aliphatic heterocycles. The van der Waals surface area contributed by atoms with Crippen molar-refractivity contribution in [2.45, 2.75) is 32.1 Å². The van der Waals surface area contributed by atoms with E-state index in [1.54, 1.807) is 4.90 Å². The zero-order chi connectivity index (χ0) is 20.7. The van der Waals surface area contributed by atoms with Gasteiger partial charge in [0.05, 0.1) is 6.61 Å². The van der Waals surface area contributed by atoms with E-state index in [9.17, 15) is 4.79 Å². The smallest absolute Gasteiger partial charge is 0.409 e. The molecular formula is C22H34N4O3. The molecule has 0 bridgehead atoms. The van der Waals surface area contributed by atoms with Gasteiger partial charge in [-0.1, -0.05) is 24.3 Å². The number of aliphatic imine (C=N–C) groups is 1. The van der Waals surface area contributed by atoms with Gasteiger partial charge in [0.15, 0.2) is 5.96 Å². The highest BCUT2D eigenvalue weighted by molar-refractivity contribution is 5.80. The van der Waals surface area contributed by atoms with Crippen molar-refractivity contribution in [3.63, 3.8) is 0 Å². The Kier molecular flexibility index (Phi) is 7.36. The van der Waals surface area contributed by atoms with E-state index in [0.717, 1.165) is 51.6 Å². The van der Waals surface area contributed by atoms with Crippen LogP contribution in [0.4, 0.5) is 4.79 Å². The first-order valence-electron chi connectivity index (χ1n) is 10.6. The SMILES string of the molecule is CCOC(=O)N1CCN(C(=NC)NCC2(c3ccccc3C)CCOCC2)CC1. The van der Waals surface area contributed by atoms with Gasteiger partial charge in [-0.25, -0.2) is 4.79 Å². The lowest BCUT2D eigenvalue weighted by Crippen LogP contribution is -2.55. The quantitative estimate of drug-likeness (QED) is 0.619. The van der Waals surface area contributed by atoms with E-state index in [2.05, 4.69) is 46.4 Å². The minimum absolute atomic E-state index is 0.0479. The third-order valence-corrected chi connectivity index (χ3v) is 6.07. The standard InChI is InChI=1S/C22H34N4O3/c1-4-29-21(27)26-13-11-25(12-14-26)20(23-3)24-17-22(9-15-28-16-10-22)19-8-6-5-7-18(19)2/h5-8H,4,9-17H2,1-3H3,(H,23,24). The molecule has 0 aromatic heterocycles. The van der Waals surface area contributed by atoms with Gasteiger partial charge >= 0.3 is 6.09 Å². The highest BCUT2D eigenvalue weighted by atomic mass is 16.6. The molecule has 1 N–H and O–H groups in total. The van der Waals surface area contributed by atoms with E-state index >= 15 is 0 Å². The average Bonchev–Trinajstić information content (AvgIpc) is 2.76. The number of guanidine groups is 1. The van der Waals surface area contributed by atoms with Gasteiger partial charge in [0.2, 0.25) is 0 Å². The maximum absolute atomic E-state index is 11.9. The van der Waals surface area contributed by atoms with Gasteiger partial charge in [-0.3, -0.25) is 4.99 Å². The first-order chi connectivity index (χ1) is 14.1. The Balaban J connectivity index is 1.65. The predicted molar refractivity (Wildman–Crippen MR) is 114 cm³/mol. The Labute approximate surface area is 174 Å². The monoisotopic (exact) mass is 402 g/mol. The summed E-state index contributed by atoms with van der Waals surface area (Å²) in [5.74, 6) is 0.896. The molecule has 2 heterocycles. The molecule has 0 atom stereocenters. The number of rotatable bonds is 4. The largest absolute Gasteiger partial charge is 0.450 e. The van der Waals surface area contributed by atoms with Crippen LogP contribution in [0.2, 0.25) is 0 Å². The van der Waals surface area contributed by atoms with Crippen LogP contribution >= 0.6 is 0 Å². The van der Waals surface area contributed by atoms with Gasteiger partial charge in [0.25, 0.3) is 0 Å². The Morgan fingerprint density at radius 2 is 1.83 bits per heavy atom. The highest BCUT2D eigenvalue weighted by Crippen LogP contribution is 2.36. The summed E-state index contributed by atoms with van der Waals surface area (Å²) in [6.07, 6.45) is 1.77. The van der Waals surface area contributed by atoms with Crippen LogP contribution in [-0.2, 0) is 14.9 Å². The summed E-state index contributed by atoms with van der Waals surface area (Å²) in [6, 6.07) is 8.67. The van der Waals surface area contributed by atoms with Crippen molar-refractivity contribution in [2.75, 3.05) is 59.6 Å². The molecule has 2 saturated heterocycles. The molecule has 7 heteroatoms. The predicted octanol–water partition coefficient (Wildman–Crippen LogP) is 2.39. The Hall–Kier alpha value is -2.28. The van der Waals surface area contributed by atoms with E-state index in [4.69, 9.17) is 9.47 Å². The molecule has 3 rings (SSSR count). The molecule has 2 fully saturated rings. The van der Waals surface area contributed by atoms with Crippen LogP contribution in [-0.4, -0.2) is 81.4 Å². The summed E-state index contributed by atoms with van der Waals surface area (Å²) in [5.41, 5.74) is 2.78. The summed E-state index contributed by atoms with van der Waals surface area (Å²) >= 11 is 0. The third kappa shape index (κ3) is 5.01. The number of carbonyl (C=O) groups is 1. The first-order valence-corrected chi connectivity index (χ1v) is 10.6. The van der Waals surface area contributed by atoms with Gasteiger partial charge in [-0.2, -0.15) is 0 Å². The van der Waals surface area contributed by atoms with Crippen LogP contribution in [0.3, 0.4) is 0 Å². The number of piperazine rings is 1. The second-order valence-corrected chi connectivity index (χ2v) is 7.78. The molecule has 2 aliphatic rings. The van der Waals surface area contributed by atoms with E-state index in [1.165, 1.54) is 11.1 Å². The lowest BCUT2D eigenvalue weighted by atomic mass is 9.72. The number of ether oxygens (including phenoxy) is 2. The van der Waals surface area contributed by atoms with Crippen LogP contribution in [0.5, 0.6) is 0 Å². The van der Waals surface area contributed by atoms with Gasteiger partial charge < -0.3 is 24.6 Å². The minimum atomic E-state index is -0.226. The topological polar surface area (TPSA) is 66.4 Å². The van der Waals surface area contributed by atoms with Crippen LogP contribution in [0.1, 0.15) is 30.9 Å². The molecule has 0 radical (unpaired) electrons. The number of nitrogens with zero attached hydrogens (tertiary/aromatic N) is 3. The van der Waals surface area contributed by atoms with E-state index < -0.39 is 0 Å². The van der Waals surface area contributed by atoms with E-state index in [0.29, 0.717) is 19.7 Å².